The highest BCUT2D eigenvalue weighted by atomic mass is 19.1. The molecule has 0 amide bonds. The molecular weight excluding hydrogens is 414 g/mol. The maximum Gasteiger partial charge on any atom is 0.263 e. The van der Waals surface area contributed by atoms with Crippen molar-refractivity contribution in [2.75, 3.05) is 11.1 Å². The van der Waals surface area contributed by atoms with Crippen molar-refractivity contribution in [3.63, 3.8) is 0 Å². The van der Waals surface area contributed by atoms with E-state index < -0.39 is 23.2 Å². The van der Waals surface area contributed by atoms with Crippen molar-refractivity contribution in [2.24, 2.45) is 0 Å². The molecule has 0 spiro atoms. The average Bonchev–Trinajstić information content (AvgIpc) is 2.73. The standard InChI is InChI=1S/C23H18F2N6O/c1-12-5-14(7-16(25)6-12)20-18(8-17-4-3-15(24)10-31(17)23(20)32)13(2)30-22-19(9-26)21(27)28-11-29-22/h3-8,10-11,13H,1-2H3,(H3,27,28,29,30). The summed E-state index contributed by atoms with van der Waals surface area (Å²) in [6.07, 6.45) is 2.31. The van der Waals surface area contributed by atoms with E-state index in [2.05, 4.69) is 15.3 Å². The number of nitrogens with one attached hydrogen (secondary N) is 1. The minimum Gasteiger partial charge on any atom is -0.382 e. The number of nitriles is 1. The predicted octanol–water partition coefficient (Wildman–Crippen LogP) is 3.97. The van der Waals surface area contributed by atoms with Crippen LogP contribution in [0.15, 0.2) is 53.7 Å². The number of aromatic nitrogens is 3. The average molecular weight is 432 g/mol. The largest absolute Gasteiger partial charge is 0.382 e. The fraction of sp³-hybridized carbons (Fsp3) is 0.130. The number of anilines is 2. The number of nitrogens with zero attached hydrogens (tertiary/aromatic N) is 4. The third-order valence-electron chi connectivity index (χ3n) is 5.11. The molecule has 3 N–H and O–H groups in total. The minimum absolute atomic E-state index is 0.0206. The molecule has 1 aromatic carbocycles. The molecule has 160 valence electrons. The van der Waals surface area contributed by atoms with Gasteiger partial charge in [0.2, 0.25) is 0 Å². The highest BCUT2D eigenvalue weighted by molar-refractivity contribution is 5.72. The molecule has 3 aromatic heterocycles. The van der Waals surface area contributed by atoms with Crippen LogP contribution in [0.4, 0.5) is 20.4 Å². The number of hydrogen-bond donors (Lipinski definition) is 2. The highest BCUT2D eigenvalue weighted by Gasteiger charge is 2.21. The second-order valence-corrected chi connectivity index (χ2v) is 7.40. The van der Waals surface area contributed by atoms with Crippen LogP contribution in [0.2, 0.25) is 0 Å². The summed E-state index contributed by atoms with van der Waals surface area (Å²) in [6, 6.07) is 10.2. The molecule has 32 heavy (non-hydrogen) atoms. The van der Waals surface area contributed by atoms with Gasteiger partial charge in [-0.1, -0.05) is 6.07 Å². The first-order valence-electron chi connectivity index (χ1n) is 9.68. The SMILES string of the molecule is Cc1cc(F)cc(-c2c(C(C)Nc3ncnc(N)c3C#N)cc3ccc(F)cn3c2=O)c1. The van der Waals surface area contributed by atoms with Crippen LogP contribution in [0, 0.1) is 29.9 Å². The first kappa shape index (κ1) is 20.9. The molecule has 7 nitrogen and oxygen atoms in total. The van der Waals surface area contributed by atoms with Gasteiger partial charge >= 0.3 is 0 Å². The third-order valence-corrected chi connectivity index (χ3v) is 5.11. The van der Waals surface area contributed by atoms with Gasteiger partial charge in [0.05, 0.1) is 11.6 Å². The van der Waals surface area contributed by atoms with E-state index in [1.165, 1.54) is 35.0 Å². The summed E-state index contributed by atoms with van der Waals surface area (Å²) < 4.78 is 29.2. The van der Waals surface area contributed by atoms with Gasteiger partial charge < -0.3 is 11.1 Å². The van der Waals surface area contributed by atoms with E-state index >= 15 is 0 Å². The Morgan fingerprint density at radius 2 is 1.94 bits per heavy atom. The van der Waals surface area contributed by atoms with Gasteiger partial charge in [0, 0.05) is 11.7 Å². The maximum absolute atomic E-state index is 14.2. The van der Waals surface area contributed by atoms with E-state index in [4.69, 9.17) is 5.73 Å². The van der Waals surface area contributed by atoms with Gasteiger partial charge in [0.25, 0.3) is 5.56 Å². The van der Waals surface area contributed by atoms with Gasteiger partial charge in [-0.3, -0.25) is 9.20 Å². The number of aryl methyl sites for hydroxylation is 1. The molecule has 0 bridgehead atoms. The quantitative estimate of drug-likeness (QED) is 0.505. The summed E-state index contributed by atoms with van der Waals surface area (Å²) in [5.41, 5.74) is 7.51. The minimum atomic E-state index is -0.574. The van der Waals surface area contributed by atoms with Crippen LogP contribution < -0.4 is 16.6 Å². The van der Waals surface area contributed by atoms with Gasteiger partial charge in [-0.25, -0.2) is 18.7 Å². The summed E-state index contributed by atoms with van der Waals surface area (Å²) in [6.45, 7) is 3.49. The monoisotopic (exact) mass is 432 g/mol. The number of rotatable bonds is 4. The molecule has 0 saturated heterocycles. The number of pyridine rings is 2. The molecule has 1 atom stereocenters. The maximum atomic E-state index is 14.2. The molecule has 4 rings (SSSR count). The third kappa shape index (κ3) is 3.74. The lowest BCUT2D eigenvalue weighted by Gasteiger charge is -2.20. The number of benzene rings is 1. The summed E-state index contributed by atoms with van der Waals surface area (Å²) in [5, 5.41) is 12.5. The Morgan fingerprint density at radius 3 is 2.66 bits per heavy atom. The van der Waals surface area contributed by atoms with Crippen LogP contribution in [-0.2, 0) is 0 Å². The summed E-state index contributed by atoms with van der Waals surface area (Å²) in [4.78, 5) is 21.3. The number of hydrogen-bond acceptors (Lipinski definition) is 6. The van der Waals surface area contributed by atoms with Crippen LogP contribution in [0.3, 0.4) is 0 Å². The Hall–Kier alpha value is -4.32. The molecule has 4 aromatic rings. The van der Waals surface area contributed by atoms with E-state index in [1.54, 1.807) is 26.0 Å². The van der Waals surface area contributed by atoms with Crippen molar-refractivity contribution in [2.45, 2.75) is 19.9 Å². The molecule has 0 fully saturated rings. The number of halogens is 2. The highest BCUT2D eigenvalue weighted by Crippen LogP contribution is 2.31. The zero-order valence-electron chi connectivity index (χ0n) is 17.2. The Labute approximate surface area is 181 Å². The first-order chi connectivity index (χ1) is 15.3. The molecular formula is C23H18F2N6O. The van der Waals surface area contributed by atoms with Crippen LogP contribution in [-0.4, -0.2) is 14.4 Å². The second kappa shape index (κ2) is 8.07. The lowest BCUT2D eigenvalue weighted by molar-refractivity contribution is 0.618. The normalized spacial score (nSPS) is 11.8. The molecule has 0 aliphatic rings. The fourth-order valence-electron chi connectivity index (χ4n) is 3.67. The van der Waals surface area contributed by atoms with Gasteiger partial charge in [-0.05, 0) is 60.9 Å². The first-order valence-corrected chi connectivity index (χ1v) is 9.68. The molecule has 3 heterocycles. The summed E-state index contributed by atoms with van der Waals surface area (Å²) in [7, 11) is 0. The molecule has 9 heteroatoms. The number of fused-ring (bicyclic) bond motifs is 1. The van der Waals surface area contributed by atoms with Crippen molar-refractivity contribution < 1.29 is 8.78 Å². The molecule has 0 radical (unpaired) electrons. The van der Waals surface area contributed by atoms with Gasteiger partial charge in [-0.15, -0.1) is 0 Å². The van der Waals surface area contributed by atoms with Gasteiger partial charge in [0.1, 0.15) is 41.2 Å². The zero-order chi connectivity index (χ0) is 23.0. The zero-order valence-corrected chi connectivity index (χ0v) is 17.2. The number of nitrogen functional groups attached to an aromatic ring is 1. The van der Waals surface area contributed by atoms with E-state index in [9.17, 15) is 18.8 Å². The van der Waals surface area contributed by atoms with Crippen molar-refractivity contribution in [3.05, 3.63) is 87.6 Å². The van der Waals surface area contributed by atoms with Crippen LogP contribution in [0.5, 0.6) is 0 Å². The van der Waals surface area contributed by atoms with Crippen LogP contribution >= 0.6 is 0 Å². The van der Waals surface area contributed by atoms with Crippen molar-refractivity contribution in [3.8, 4) is 17.2 Å². The Kier molecular flexibility index (Phi) is 5.28. The van der Waals surface area contributed by atoms with E-state index in [-0.39, 0.29) is 22.8 Å². The van der Waals surface area contributed by atoms with Crippen LogP contribution in [0.25, 0.3) is 16.6 Å². The topological polar surface area (TPSA) is 109 Å². The van der Waals surface area contributed by atoms with Crippen molar-refractivity contribution in [1.82, 2.24) is 14.4 Å². The Morgan fingerprint density at radius 1 is 1.16 bits per heavy atom. The van der Waals surface area contributed by atoms with Gasteiger partial charge in [-0.2, -0.15) is 5.26 Å². The van der Waals surface area contributed by atoms with Crippen molar-refractivity contribution in [1.29, 1.82) is 5.26 Å². The van der Waals surface area contributed by atoms with Crippen molar-refractivity contribution >= 4 is 17.2 Å². The molecule has 0 aliphatic carbocycles. The molecule has 0 saturated carbocycles. The Bertz CT molecular complexity index is 1440. The summed E-state index contributed by atoms with van der Waals surface area (Å²) >= 11 is 0. The molecule has 0 aliphatic heterocycles. The van der Waals surface area contributed by atoms with E-state index in [0.29, 0.717) is 22.2 Å². The smallest absolute Gasteiger partial charge is 0.263 e. The number of nitrogens with two attached hydrogens (primary N) is 1. The van der Waals surface area contributed by atoms with Crippen LogP contribution in [0.1, 0.15) is 29.7 Å². The predicted molar refractivity (Wildman–Crippen MR) is 117 cm³/mol. The van der Waals surface area contributed by atoms with Gasteiger partial charge in [0.15, 0.2) is 0 Å². The summed E-state index contributed by atoms with van der Waals surface area (Å²) in [5.74, 6) is -0.846. The van der Waals surface area contributed by atoms with E-state index in [0.717, 1.165) is 6.20 Å². The lowest BCUT2D eigenvalue weighted by atomic mass is 9.95. The lowest BCUT2D eigenvalue weighted by Crippen LogP contribution is -2.21. The molecule has 1 unspecified atom stereocenters. The second-order valence-electron chi connectivity index (χ2n) is 7.40. The Balaban J connectivity index is 1.96. The fourth-order valence-corrected chi connectivity index (χ4v) is 3.67. The van der Waals surface area contributed by atoms with E-state index in [1.807, 2.05) is 6.07 Å².